The largest absolute Gasteiger partial charge is 0.272 e. The number of amides is 1. The van der Waals surface area contributed by atoms with Crippen molar-refractivity contribution in [1.29, 1.82) is 0 Å². The molecule has 0 aliphatic heterocycles. The Morgan fingerprint density at radius 3 is 2.17 bits per heavy atom. The molecule has 156 valence electrons. The summed E-state index contributed by atoms with van der Waals surface area (Å²) in [7, 11) is -4.18. The number of rotatable bonds is 7. The van der Waals surface area contributed by atoms with E-state index in [4.69, 9.17) is 23.2 Å². The van der Waals surface area contributed by atoms with E-state index in [1.165, 1.54) is 36.4 Å². The third kappa shape index (κ3) is 5.04. The zero-order chi connectivity index (χ0) is 21.7. The standard InChI is InChI=1S/C23H21Cl2NO3S/c1-2-3-5-17-8-12-21(13-9-17)26(23(27)18-6-4-7-20(25)16-18)30(28,29)22-14-10-19(24)11-15-22/h4,6-16H,2-3,5H2,1H3. The Kier molecular flexibility index (Phi) is 7.19. The summed E-state index contributed by atoms with van der Waals surface area (Å²) < 4.78 is 27.7. The average molecular weight is 462 g/mol. The van der Waals surface area contributed by atoms with Crippen molar-refractivity contribution >= 4 is 44.8 Å². The maximum atomic E-state index is 13.4. The predicted octanol–water partition coefficient (Wildman–Crippen LogP) is 6.37. The van der Waals surface area contributed by atoms with Gasteiger partial charge in [0, 0.05) is 15.6 Å². The molecule has 30 heavy (non-hydrogen) atoms. The van der Waals surface area contributed by atoms with Gasteiger partial charge >= 0.3 is 0 Å². The molecule has 3 aromatic carbocycles. The van der Waals surface area contributed by atoms with Gasteiger partial charge in [-0.2, -0.15) is 4.31 Å². The van der Waals surface area contributed by atoms with Crippen molar-refractivity contribution < 1.29 is 13.2 Å². The van der Waals surface area contributed by atoms with Gasteiger partial charge in [-0.1, -0.05) is 54.7 Å². The Balaban J connectivity index is 2.08. The minimum Gasteiger partial charge on any atom is -0.268 e. The highest BCUT2D eigenvalue weighted by Gasteiger charge is 2.32. The van der Waals surface area contributed by atoms with Crippen LogP contribution in [-0.4, -0.2) is 14.3 Å². The molecule has 0 radical (unpaired) electrons. The maximum Gasteiger partial charge on any atom is 0.272 e. The molecule has 4 nitrogen and oxygen atoms in total. The highest BCUT2D eigenvalue weighted by molar-refractivity contribution is 7.93. The van der Waals surface area contributed by atoms with E-state index in [1.54, 1.807) is 24.3 Å². The quantitative estimate of drug-likeness (QED) is 0.410. The van der Waals surface area contributed by atoms with E-state index in [9.17, 15) is 13.2 Å². The molecule has 7 heteroatoms. The monoisotopic (exact) mass is 461 g/mol. The van der Waals surface area contributed by atoms with Crippen molar-refractivity contribution in [3.63, 3.8) is 0 Å². The van der Waals surface area contributed by atoms with Gasteiger partial charge in [0.2, 0.25) is 0 Å². The second-order valence-electron chi connectivity index (χ2n) is 6.81. The fourth-order valence-electron chi connectivity index (χ4n) is 2.99. The molecule has 3 rings (SSSR count). The molecule has 0 saturated carbocycles. The van der Waals surface area contributed by atoms with Crippen LogP contribution in [0.1, 0.15) is 35.7 Å². The first-order valence-corrected chi connectivity index (χ1v) is 11.7. The van der Waals surface area contributed by atoms with E-state index in [-0.39, 0.29) is 16.1 Å². The molecule has 0 aliphatic rings. The summed E-state index contributed by atoms with van der Waals surface area (Å²) in [5, 5.41) is 0.751. The van der Waals surface area contributed by atoms with Gasteiger partial charge in [0.25, 0.3) is 15.9 Å². The lowest BCUT2D eigenvalue weighted by atomic mass is 10.1. The maximum absolute atomic E-state index is 13.4. The van der Waals surface area contributed by atoms with E-state index in [2.05, 4.69) is 6.92 Å². The fourth-order valence-corrected chi connectivity index (χ4v) is 4.72. The van der Waals surface area contributed by atoms with Crippen LogP contribution >= 0.6 is 23.2 Å². The van der Waals surface area contributed by atoms with Gasteiger partial charge < -0.3 is 0 Å². The topological polar surface area (TPSA) is 54.5 Å². The fraction of sp³-hybridized carbons (Fsp3) is 0.174. The van der Waals surface area contributed by atoms with Gasteiger partial charge in [-0.05, 0) is 73.0 Å². The number of hydrogen-bond donors (Lipinski definition) is 0. The number of hydrogen-bond acceptors (Lipinski definition) is 3. The summed E-state index contributed by atoms with van der Waals surface area (Å²) in [5.74, 6) is -0.686. The zero-order valence-corrected chi connectivity index (χ0v) is 18.7. The summed E-state index contributed by atoms with van der Waals surface area (Å²) in [6.45, 7) is 2.11. The van der Waals surface area contributed by atoms with Crippen molar-refractivity contribution in [3.05, 3.63) is 94.0 Å². The van der Waals surface area contributed by atoms with Gasteiger partial charge in [0.15, 0.2) is 0 Å². The average Bonchev–Trinajstić information content (AvgIpc) is 2.73. The van der Waals surface area contributed by atoms with Crippen molar-refractivity contribution in [2.24, 2.45) is 0 Å². The molecule has 0 atom stereocenters. The lowest BCUT2D eigenvalue weighted by Crippen LogP contribution is -2.37. The van der Waals surface area contributed by atoms with Crippen LogP contribution in [0.5, 0.6) is 0 Å². The summed E-state index contributed by atoms with van der Waals surface area (Å²) in [6.07, 6.45) is 2.99. The van der Waals surface area contributed by atoms with Crippen LogP contribution in [0.15, 0.2) is 77.7 Å². The molecule has 0 aliphatic carbocycles. The van der Waals surface area contributed by atoms with E-state index < -0.39 is 15.9 Å². The lowest BCUT2D eigenvalue weighted by molar-refractivity contribution is 0.101. The van der Waals surface area contributed by atoms with Gasteiger partial charge in [-0.15, -0.1) is 0 Å². The number of aryl methyl sites for hydroxylation is 1. The minimum absolute atomic E-state index is 0.0302. The SMILES string of the molecule is CCCCc1ccc(N(C(=O)c2cccc(Cl)c2)S(=O)(=O)c2ccc(Cl)cc2)cc1. The Labute approximate surface area is 187 Å². The molecular weight excluding hydrogens is 441 g/mol. The first-order chi connectivity index (χ1) is 14.3. The summed E-state index contributed by atoms with van der Waals surface area (Å²) >= 11 is 11.9. The van der Waals surface area contributed by atoms with Crippen LogP contribution in [0.3, 0.4) is 0 Å². The molecule has 0 fully saturated rings. The number of anilines is 1. The second-order valence-corrected chi connectivity index (χ2v) is 9.47. The van der Waals surface area contributed by atoms with Crippen molar-refractivity contribution in [2.75, 3.05) is 4.31 Å². The lowest BCUT2D eigenvalue weighted by Gasteiger charge is -2.23. The number of carbonyl (C=O) groups excluding carboxylic acids is 1. The summed E-state index contributed by atoms with van der Waals surface area (Å²) in [6, 6.07) is 18.9. The first kappa shape index (κ1) is 22.3. The normalized spacial score (nSPS) is 11.3. The highest BCUT2D eigenvalue weighted by atomic mass is 35.5. The van der Waals surface area contributed by atoms with Crippen LogP contribution in [0.2, 0.25) is 10.0 Å². The van der Waals surface area contributed by atoms with E-state index in [0.29, 0.717) is 10.0 Å². The molecule has 0 unspecified atom stereocenters. The third-order valence-corrected chi connectivity index (χ3v) is 6.81. The van der Waals surface area contributed by atoms with E-state index in [0.717, 1.165) is 29.1 Å². The van der Waals surface area contributed by atoms with Crippen LogP contribution in [0.4, 0.5) is 5.69 Å². The van der Waals surface area contributed by atoms with Crippen molar-refractivity contribution in [3.8, 4) is 0 Å². The Morgan fingerprint density at radius 1 is 0.900 bits per heavy atom. The van der Waals surface area contributed by atoms with Crippen molar-refractivity contribution in [2.45, 2.75) is 31.1 Å². The Hall–Kier alpha value is -2.34. The Bertz CT molecular complexity index is 1130. The second kappa shape index (κ2) is 9.65. The van der Waals surface area contributed by atoms with Crippen LogP contribution in [0, 0.1) is 0 Å². The predicted molar refractivity (Wildman–Crippen MR) is 122 cm³/mol. The molecule has 0 heterocycles. The third-order valence-electron chi connectivity index (χ3n) is 4.60. The molecular formula is C23H21Cl2NO3S. The van der Waals surface area contributed by atoms with E-state index >= 15 is 0 Å². The van der Waals surface area contributed by atoms with Gasteiger partial charge in [-0.3, -0.25) is 4.79 Å². The number of benzene rings is 3. The number of halogens is 2. The van der Waals surface area contributed by atoms with Gasteiger partial charge in [0.05, 0.1) is 10.6 Å². The molecule has 1 amide bonds. The van der Waals surface area contributed by atoms with Gasteiger partial charge in [-0.25, -0.2) is 8.42 Å². The minimum atomic E-state index is -4.18. The van der Waals surface area contributed by atoms with E-state index in [1.807, 2.05) is 12.1 Å². The molecule has 0 saturated heterocycles. The zero-order valence-electron chi connectivity index (χ0n) is 16.4. The van der Waals surface area contributed by atoms with Crippen LogP contribution < -0.4 is 4.31 Å². The first-order valence-electron chi connectivity index (χ1n) is 9.52. The summed E-state index contributed by atoms with van der Waals surface area (Å²) in [4.78, 5) is 13.3. The number of carbonyl (C=O) groups is 1. The number of nitrogens with zero attached hydrogens (tertiary/aromatic N) is 1. The smallest absolute Gasteiger partial charge is 0.268 e. The van der Waals surface area contributed by atoms with Crippen molar-refractivity contribution in [1.82, 2.24) is 0 Å². The molecule has 0 N–H and O–H groups in total. The number of sulfonamides is 1. The van der Waals surface area contributed by atoms with Gasteiger partial charge in [0.1, 0.15) is 0 Å². The number of unbranched alkanes of at least 4 members (excludes halogenated alkanes) is 1. The highest BCUT2D eigenvalue weighted by Crippen LogP contribution is 2.28. The summed E-state index contributed by atoms with van der Waals surface area (Å²) in [5.41, 5.74) is 1.52. The van der Waals surface area contributed by atoms with Crippen LogP contribution in [-0.2, 0) is 16.4 Å². The molecule has 0 aromatic heterocycles. The Morgan fingerprint density at radius 2 is 1.57 bits per heavy atom. The molecule has 0 bridgehead atoms. The molecule has 3 aromatic rings. The van der Waals surface area contributed by atoms with Crippen LogP contribution in [0.25, 0.3) is 0 Å². The molecule has 0 spiro atoms.